The van der Waals surface area contributed by atoms with E-state index < -0.39 is 0 Å². The van der Waals surface area contributed by atoms with Gasteiger partial charge in [0.05, 0.1) is 6.61 Å². The topological polar surface area (TPSA) is 46.2 Å². The summed E-state index contributed by atoms with van der Waals surface area (Å²) in [4.78, 5) is 4.17. The van der Waals surface area contributed by atoms with Crippen LogP contribution in [-0.4, -0.2) is 23.2 Å². The lowest BCUT2D eigenvalue weighted by atomic mass is 10.1. The monoisotopic (exact) mass is 397 g/mol. The molecule has 0 aliphatic rings. The largest absolute Gasteiger partial charge is 0.493 e. The van der Waals surface area contributed by atoms with Crippen molar-refractivity contribution in [2.24, 2.45) is 0 Å². The van der Waals surface area contributed by atoms with Crippen molar-refractivity contribution in [1.82, 2.24) is 10.3 Å². The van der Waals surface area contributed by atoms with Crippen LogP contribution in [0.2, 0.25) is 0 Å². The number of benzene rings is 1. The molecule has 122 valence electrons. The molecular weight excluding hydrogens is 381 g/mol. The molecule has 1 heterocycles. The van der Waals surface area contributed by atoms with Gasteiger partial charge in [0.15, 0.2) is 5.11 Å². The van der Waals surface area contributed by atoms with E-state index in [9.17, 15) is 4.39 Å². The number of ether oxygens (including phenoxy) is 1. The number of pyridine rings is 1. The highest BCUT2D eigenvalue weighted by molar-refractivity contribution is 9.10. The van der Waals surface area contributed by atoms with Gasteiger partial charge >= 0.3 is 0 Å². The fourth-order valence-electron chi connectivity index (χ4n) is 1.98. The number of nitrogens with one attached hydrogen (secondary N) is 2. The Balaban J connectivity index is 1.87. The fourth-order valence-corrected chi connectivity index (χ4v) is 2.42. The lowest BCUT2D eigenvalue weighted by molar-refractivity contribution is 0.333. The molecule has 0 spiro atoms. The molecule has 0 aliphatic carbocycles. The summed E-state index contributed by atoms with van der Waals surface area (Å²) in [6.45, 7) is 2.86. The zero-order chi connectivity index (χ0) is 16.7. The van der Waals surface area contributed by atoms with E-state index >= 15 is 0 Å². The molecule has 0 unspecified atom stereocenters. The maximum atomic E-state index is 13.9. The highest BCUT2D eigenvalue weighted by Crippen LogP contribution is 2.21. The molecule has 0 amide bonds. The average Bonchev–Trinajstić information content (AvgIpc) is 2.52. The van der Waals surface area contributed by atoms with E-state index in [0.29, 0.717) is 41.8 Å². The van der Waals surface area contributed by atoms with Crippen LogP contribution in [0.25, 0.3) is 0 Å². The Hall–Kier alpha value is -1.73. The third kappa shape index (κ3) is 5.44. The van der Waals surface area contributed by atoms with E-state index in [1.807, 2.05) is 19.1 Å². The first kappa shape index (κ1) is 17.6. The fraction of sp³-hybridized carbons (Fsp3) is 0.250. The summed E-state index contributed by atoms with van der Waals surface area (Å²) in [6.07, 6.45) is 2.15. The van der Waals surface area contributed by atoms with E-state index in [1.54, 1.807) is 18.3 Å². The van der Waals surface area contributed by atoms with Gasteiger partial charge in [-0.3, -0.25) is 0 Å². The van der Waals surface area contributed by atoms with Crippen LogP contribution < -0.4 is 15.4 Å². The van der Waals surface area contributed by atoms with Crippen molar-refractivity contribution >= 4 is 39.1 Å². The third-order valence-corrected chi connectivity index (χ3v) is 3.72. The minimum atomic E-state index is -0.272. The standard InChI is InChI=1S/C16H17BrFN3OS/c1-2-22-14-5-3-4-13(18)12(14)8-9-19-16(23)21-15-7-6-11(17)10-20-15/h3-7,10H,2,8-9H2,1H3,(H2,19,20,21,23). The highest BCUT2D eigenvalue weighted by atomic mass is 79.9. The molecule has 0 aliphatic heterocycles. The van der Waals surface area contributed by atoms with E-state index in [2.05, 4.69) is 31.5 Å². The van der Waals surface area contributed by atoms with Gasteiger partial charge in [0.25, 0.3) is 0 Å². The zero-order valence-electron chi connectivity index (χ0n) is 12.6. The van der Waals surface area contributed by atoms with Crippen LogP contribution in [0.4, 0.5) is 10.2 Å². The molecule has 2 aromatic rings. The SMILES string of the molecule is CCOc1cccc(F)c1CCNC(=S)Nc1ccc(Br)cn1. The molecule has 7 heteroatoms. The summed E-state index contributed by atoms with van der Waals surface area (Å²) >= 11 is 8.52. The van der Waals surface area contributed by atoms with Crippen molar-refractivity contribution in [3.05, 3.63) is 52.4 Å². The molecule has 0 fully saturated rings. The minimum Gasteiger partial charge on any atom is -0.493 e. The molecule has 0 radical (unpaired) electrons. The van der Waals surface area contributed by atoms with Gasteiger partial charge in [-0.15, -0.1) is 0 Å². The smallest absolute Gasteiger partial charge is 0.171 e. The van der Waals surface area contributed by atoms with Crippen molar-refractivity contribution in [3.8, 4) is 5.75 Å². The zero-order valence-corrected chi connectivity index (χ0v) is 15.0. The number of aromatic nitrogens is 1. The van der Waals surface area contributed by atoms with Crippen molar-refractivity contribution in [2.45, 2.75) is 13.3 Å². The Morgan fingerprint density at radius 3 is 2.87 bits per heavy atom. The van der Waals surface area contributed by atoms with Gasteiger partial charge in [0.1, 0.15) is 17.4 Å². The molecule has 1 aromatic heterocycles. The Morgan fingerprint density at radius 1 is 1.35 bits per heavy atom. The van der Waals surface area contributed by atoms with Gasteiger partial charge in [-0.05, 0) is 65.8 Å². The van der Waals surface area contributed by atoms with E-state index in [0.717, 1.165) is 4.47 Å². The number of anilines is 1. The predicted octanol–water partition coefficient (Wildman–Crippen LogP) is 3.91. The maximum Gasteiger partial charge on any atom is 0.171 e. The Labute approximate surface area is 148 Å². The first-order valence-corrected chi connectivity index (χ1v) is 8.37. The molecule has 0 saturated heterocycles. The summed E-state index contributed by atoms with van der Waals surface area (Å²) in [6, 6.07) is 8.51. The van der Waals surface area contributed by atoms with Gasteiger partial charge in [0.2, 0.25) is 0 Å². The molecule has 0 bridgehead atoms. The van der Waals surface area contributed by atoms with Crippen LogP contribution in [0.1, 0.15) is 12.5 Å². The lowest BCUT2D eigenvalue weighted by Gasteiger charge is -2.13. The van der Waals surface area contributed by atoms with E-state index in [4.69, 9.17) is 17.0 Å². The van der Waals surface area contributed by atoms with Crippen LogP contribution >= 0.6 is 28.1 Å². The quantitative estimate of drug-likeness (QED) is 0.723. The van der Waals surface area contributed by atoms with Gasteiger partial charge in [0, 0.05) is 22.8 Å². The summed E-state index contributed by atoms with van der Waals surface area (Å²) in [5.41, 5.74) is 0.548. The Kier molecular flexibility index (Phi) is 6.73. The molecule has 1 aromatic carbocycles. The van der Waals surface area contributed by atoms with Gasteiger partial charge in [-0.1, -0.05) is 6.07 Å². The molecule has 2 rings (SSSR count). The lowest BCUT2D eigenvalue weighted by Crippen LogP contribution is -2.30. The van der Waals surface area contributed by atoms with Gasteiger partial charge < -0.3 is 15.4 Å². The number of hydrogen-bond donors (Lipinski definition) is 2. The van der Waals surface area contributed by atoms with Gasteiger partial charge in [-0.25, -0.2) is 9.37 Å². The van der Waals surface area contributed by atoms with E-state index in [1.165, 1.54) is 6.07 Å². The number of thiocarbonyl (C=S) groups is 1. The highest BCUT2D eigenvalue weighted by Gasteiger charge is 2.09. The summed E-state index contributed by atoms with van der Waals surface area (Å²) in [7, 11) is 0. The van der Waals surface area contributed by atoms with Crippen LogP contribution in [0.15, 0.2) is 41.0 Å². The summed E-state index contributed by atoms with van der Waals surface area (Å²) < 4.78 is 20.3. The van der Waals surface area contributed by atoms with Crippen molar-refractivity contribution < 1.29 is 9.13 Å². The Bertz CT molecular complexity index is 667. The van der Waals surface area contributed by atoms with Crippen LogP contribution in [0.5, 0.6) is 5.75 Å². The van der Waals surface area contributed by atoms with Crippen LogP contribution in [0.3, 0.4) is 0 Å². The second kappa shape index (κ2) is 8.79. The minimum absolute atomic E-state index is 0.272. The molecule has 2 N–H and O–H groups in total. The van der Waals surface area contributed by atoms with Crippen LogP contribution in [-0.2, 0) is 6.42 Å². The molecular formula is C16H17BrFN3OS. The second-order valence-electron chi connectivity index (χ2n) is 4.64. The van der Waals surface area contributed by atoms with Crippen molar-refractivity contribution in [2.75, 3.05) is 18.5 Å². The molecule has 4 nitrogen and oxygen atoms in total. The predicted molar refractivity (Wildman–Crippen MR) is 97.4 cm³/mol. The molecule has 23 heavy (non-hydrogen) atoms. The summed E-state index contributed by atoms with van der Waals surface area (Å²) in [5.74, 6) is 0.945. The number of hydrogen-bond acceptors (Lipinski definition) is 3. The number of nitrogens with zero attached hydrogens (tertiary/aromatic N) is 1. The average molecular weight is 398 g/mol. The van der Waals surface area contributed by atoms with Crippen molar-refractivity contribution in [3.63, 3.8) is 0 Å². The Morgan fingerprint density at radius 2 is 2.17 bits per heavy atom. The molecule has 0 atom stereocenters. The number of halogens is 2. The third-order valence-electron chi connectivity index (χ3n) is 3.01. The second-order valence-corrected chi connectivity index (χ2v) is 5.97. The molecule has 0 saturated carbocycles. The first-order valence-electron chi connectivity index (χ1n) is 7.16. The van der Waals surface area contributed by atoms with E-state index in [-0.39, 0.29) is 5.82 Å². The van der Waals surface area contributed by atoms with Gasteiger partial charge in [-0.2, -0.15) is 0 Å². The normalized spacial score (nSPS) is 10.2. The summed E-state index contributed by atoms with van der Waals surface area (Å²) in [5, 5.41) is 6.45. The van der Waals surface area contributed by atoms with Crippen molar-refractivity contribution in [1.29, 1.82) is 0 Å². The number of rotatable bonds is 6. The maximum absolute atomic E-state index is 13.9. The van der Waals surface area contributed by atoms with Crippen LogP contribution in [0, 0.1) is 5.82 Å². The first-order chi connectivity index (χ1) is 11.1.